The summed E-state index contributed by atoms with van der Waals surface area (Å²) in [7, 11) is 0. The van der Waals surface area contributed by atoms with Gasteiger partial charge in [-0.1, -0.05) is 11.6 Å². The zero-order chi connectivity index (χ0) is 14.0. The Labute approximate surface area is 132 Å². The molecule has 0 amide bonds. The van der Waals surface area contributed by atoms with Crippen molar-refractivity contribution in [1.29, 1.82) is 0 Å². The monoisotopic (exact) mass is 387 g/mol. The van der Waals surface area contributed by atoms with E-state index >= 15 is 0 Å². The topological polar surface area (TPSA) is 37.8 Å². The highest BCUT2D eigenvalue weighted by Gasteiger charge is 2.12. The summed E-state index contributed by atoms with van der Waals surface area (Å²) >= 11 is 8.26. The first-order chi connectivity index (χ1) is 9.02. The maximum Gasteiger partial charge on any atom is 0.162 e. The van der Waals surface area contributed by atoms with Gasteiger partial charge in [0, 0.05) is 17.1 Å². The second-order valence-corrected chi connectivity index (χ2v) is 5.80. The molecule has 0 saturated carbocycles. The molecular weight excluding hydrogens is 373 g/mol. The van der Waals surface area contributed by atoms with E-state index in [-0.39, 0.29) is 0 Å². The van der Waals surface area contributed by atoms with Crippen molar-refractivity contribution in [2.24, 2.45) is 0 Å². The van der Waals surface area contributed by atoms with Gasteiger partial charge in [-0.05, 0) is 67.1 Å². The summed E-state index contributed by atoms with van der Waals surface area (Å²) in [6.07, 6.45) is 0. The average molecular weight is 388 g/mol. The van der Waals surface area contributed by atoms with Crippen molar-refractivity contribution >= 4 is 40.0 Å². The number of hydrogen-bond donors (Lipinski definition) is 1. The zero-order valence-electron chi connectivity index (χ0n) is 11.1. The highest BCUT2D eigenvalue weighted by molar-refractivity contribution is 14.1. The third kappa shape index (κ3) is 3.17. The van der Waals surface area contributed by atoms with Gasteiger partial charge in [0.05, 0.1) is 9.26 Å². The highest BCUT2D eigenvalue weighted by Crippen LogP contribution is 2.27. The lowest BCUT2D eigenvalue weighted by Gasteiger charge is -2.11. The van der Waals surface area contributed by atoms with Crippen LogP contribution in [0.1, 0.15) is 18.2 Å². The summed E-state index contributed by atoms with van der Waals surface area (Å²) in [5, 5.41) is 4.00. The van der Waals surface area contributed by atoms with Gasteiger partial charge in [-0.2, -0.15) is 0 Å². The number of rotatable bonds is 3. The number of nitrogens with one attached hydrogen (secondary N) is 1. The van der Waals surface area contributed by atoms with Crippen LogP contribution in [-0.4, -0.2) is 16.5 Å². The number of hydrogen-bond acceptors (Lipinski definition) is 3. The van der Waals surface area contributed by atoms with Crippen LogP contribution in [0, 0.1) is 17.4 Å². The van der Waals surface area contributed by atoms with Gasteiger partial charge in [-0.25, -0.2) is 9.97 Å². The fraction of sp³-hybridized carbons (Fsp3) is 0.286. The molecule has 0 atom stereocenters. The van der Waals surface area contributed by atoms with Crippen LogP contribution in [0.4, 0.5) is 5.82 Å². The summed E-state index contributed by atoms with van der Waals surface area (Å²) in [5.74, 6) is 1.63. The van der Waals surface area contributed by atoms with Crippen molar-refractivity contribution in [2.45, 2.75) is 20.8 Å². The fourth-order valence-corrected chi connectivity index (χ4v) is 2.50. The normalized spacial score (nSPS) is 10.6. The van der Waals surface area contributed by atoms with E-state index in [2.05, 4.69) is 44.8 Å². The van der Waals surface area contributed by atoms with E-state index < -0.39 is 0 Å². The maximum atomic E-state index is 5.99. The predicted molar refractivity (Wildman–Crippen MR) is 88.8 cm³/mol. The molecule has 0 unspecified atom stereocenters. The Morgan fingerprint density at radius 1 is 1.26 bits per heavy atom. The number of nitrogens with zero attached hydrogens (tertiary/aromatic N) is 2. The van der Waals surface area contributed by atoms with Gasteiger partial charge in [0.1, 0.15) is 5.82 Å². The predicted octanol–water partition coefficient (Wildman–Crippen LogP) is 4.45. The minimum absolute atomic E-state index is 0.732. The number of halogens is 2. The Hall–Kier alpha value is -0.880. The van der Waals surface area contributed by atoms with Gasteiger partial charge in [0.2, 0.25) is 0 Å². The van der Waals surface area contributed by atoms with Crippen LogP contribution in [0.15, 0.2) is 18.2 Å². The van der Waals surface area contributed by atoms with Gasteiger partial charge in [0.25, 0.3) is 0 Å². The smallest absolute Gasteiger partial charge is 0.162 e. The van der Waals surface area contributed by atoms with Crippen LogP contribution in [-0.2, 0) is 0 Å². The summed E-state index contributed by atoms with van der Waals surface area (Å²) in [6.45, 7) is 6.91. The maximum absolute atomic E-state index is 5.99. The van der Waals surface area contributed by atoms with E-state index in [1.54, 1.807) is 0 Å². The van der Waals surface area contributed by atoms with Crippen LogP contribution >= 0.6 is 34.2 Å². The second-order valence-electron chi connectivity index (χ2n) is 4.28. The molecule has 1 heterocycles. The molecule has 1 aromatic heterocycles. The zero-order valence-corrected chi connectivity index (χ0v) is 14.0. The van der Waals surface area contributed by atoms with E-state index in [0.29, 0.717) is 0 Å². The number of aromatic nitrogens is 2. The molecule has 2 rings (SSSR count). The Balaban J connectivity index is 2.56. The van der Waals surface area contributed by atoms with Crippen molar-refractivity contribution in [3.8, 4) is 11.4 Å². The molecule has 5 heteroatoms. The average Bonchev–Trinajstić information content (AvgIpc) is 2.35. The first-order valence-electron chi connectivity index (χ1n) is 6.07. The first-order valence-corrected chi connectivity index (χ1v) is 7.53. The number of aryl methyl sites for hydroxylation is 2. The molecule has 19 heavy (non-hydrogen) atoms. The van der Waals surface area contributed by atoms with Gasteiger partial charge >= 0.3 is 0 Å². The summed E-state index contributed by atoms with van der Waals surface area (Å²) in [4.78, 5) is 9.19. The van der Waals surface area contributed by atoms with Crippen LogP contribution in [0.25, 0.3) is 11.4 Å². The van der Waals surface area contributed by atoms with E-state index in [1.807, 2.05) is 32.0 Å². The van der Waals surface area contributed by atoms with Crippen molar-refractivity contribution in [3.63, 3.8) is 0 Å². The molecule has 0 aliphatic carbocycles. The lowest BCUT2D eigenvalue weighted by atomic mass is 10.1. The van der Waals surface area contributed by atoms with E-state index in [1.165, 1.54) is 0 Å². The number of benzene rings is 1. The van der Waals surface area contributed by atoms with Gasteiger partial charge < -0.3 is 5.32 Å². The van der Waals surface area contributed by atoms with E-state index in [4.69, 9.17) is 11.6 Å². The molecule has 3 nitrogen and oxygen atoms in total. The Morgan fingerprint density at radius 3 is 2.63 bits per heavy atom. The second kappa shape index (κ2) is 6.05. The molecule has 0 fully saturated rings. The molecule has 0 bridgehead atoms. The Morgan fingerprint density at radius 2 is 2.00 bits per heavy atom. The minimum Gasteiger partial charge on any atom is -0.369 e. The largest absolute Gasteiger partial charge is 0.369 e. The lowest BCUT2D eigenvalue weighted by Crippen LogP contribution is -2.06. The van der Waals surface area contributed by atoms with Crippen molar-refractivity contribution in [1.82, 2.24) is 9.97 Å². The number of anilines is 1. The van der Waals surface area contributed by atoms with Crippen molar-refractivity contribution in [3.05, 3.63) is 38.0 Å². The van der Waals surface area contributed by atoms with Crippen LogP contribution < -0.4 is 5.32 Å². The van der Waals surface area contributed by atoms with Crippen LogP contribution in [0.3, 0.4) is 0 Å². The molecule has 2 aromatic rings. The summed E-state index contributed by atoms with van der Waals surface area (Å²) < 4.78 is 1.06. The molecule has 0 aliphatic heterocycles. The lowest BCUT2D eigenvalue weighted by molar-refractivity contribution is 1.06. The standard InChI is InChI=1S/C14H15ClIN3/c1-4-17-14-12(16)9(3)18-13(19-14)11-6-5-10(15)7-8(11)2/h5-7H,4H2,1-3H3,(H,17,18,19). The first kappa shape index (κ1) is 14.5. The third-order valence-corrected chi connectivity index (χ3v) is 4.32. The molecule has 100 valence electrons. The summed E-state index contributed by atoms with van der Waals surface area (Å²) in [6, 6.07) is 5.77. The van der Waals surface area contributed by atoms with Gasteiger partial charge in [-0.3, -0.25) is 0 Å². The van der Waals surface area contributed by atoms with Crippen molar-refractivity contribution in [2.75, 3.05) is 11.9 Å². The SMILES string of the molecule is CCNc1nc(-c2ccc(Cl)cc2C)nc(C)c1I. The summed E-state index contributed by atoms with van der Waals surface area (Å²) in [5.41, 5.74) is 3.08. The quantitative estimate of drug-likeness (QED) is 0.791. The molecular formula is C14H15ClIN3. The van der Waals surface area contributed by atoms with Crippen LogP contribution in [0.5, 0.6) is 0 Å². The molecule has 1 aromatic carbocycles. The fourth-order valence-electron chi connectivity index (χ4n) is 1.84. The molecule has 0 saturated heterocycles. The van der Waals surface area contributed by atoms with Crippen LogP contribution in [0.2, 0.25) is 5.02 Å². The van der Waals surface area contributed by atoms with Gasteiger partial charge in [-0.15, -0.1) is 0 Å². The van der Waals surface area contributed by atoms with Gasteiger partial charge in [0.15, 0.2) is 5.82 Å². The van der Waals surface area contributed by atoms with Crippen molar-refractivity contribution < 1.29 is 0 Å². The highest BCUT2D eigenvalue weighted by atomic mass is 127. The minimum atomic E-state index is 0.732. The van der Waals surface area contributed by atoms with E-state index in [0.717, 1.165) is 43.6 Å². The Bertz CT molecular complexity index is 614. The molecule has 0 radical (unpaired) electrons. The molecule has 0 aliphatic rings. The Kier molecular flexibility index (Phi) is 4.62. The molecule has 0 spiro atoms. The third-order valence-electron chi connectivity index (χ3n) is 2.79. The van der Waals surface area contributed by atoms with E-state index in [9.17, 15) is 0 Å². The molecule has 1 N–H and O–H groups in total.